The molecule has 0 saturated carbocycles. The van der Waals surface area contributed by atoms with Gasteiger partial charge in [-0.2, -0.15) is 0 Å². The molecule has 0 spiro atoms. The quantitative estimate of drug-likeness (QED) is 0.543. The SMILES string of the molecule is Cc1[nH]c2ccccc2c1[C@H](Nc1nccs1)c1ccc2c(c1)OCO2. The Kier molecular flexibility index (Phi) is 3.57. The molecular formula is C20H17N3O2S. The minimum absolute atomic E-state index is 0.0493. The van der Waals surface area contributed by atoms with Crippen LogP contribution in [0.2, 0.25) is 0 Å². The number of ether oxygens (including phenoxy) is 2. The van der Waals surface area contributed by atoms with Gasteiger partial charge in [0, 0.05) is 33.7 Å². The van der Waals surface area contributed by atoms with E-state index in [2.05, 4.69) is 52.5 Å². The summed E-state index contributed by atoms with van der Waals surface area (Å²) in [5.74, 6) is 1.57. The number of benzene rings is 2. The Morgan fingerprint density at radius 2 is 2.04 bits per heavy atom. The average Bonchev–Trinajstić information content (AvgIpc) is 3.38. The fourth-order valence-electron chi connectivity index (χ4n) is 3.50. The predicted molar refractivity (Wildman–Crippen MR) is 103 cm³/mol. The number of H-pyrrole nitrogens is 1. The molecule has 0 amide bonds. The summed E-state index contributed by atoms with van der Waals surface area (Å²) in [5, 5.41) is 7.66. The molecule has 1 aliphatic heterocycles. The molecule has 0 radical (unpaired) electrons. The Morgan fingerprint density at radius 1 is 1.15 bits per heavy atom. The Labute approximate surface area is 154 Å². The van der Waals surface area contributed by atoms with Crippen LogP contribution in [0.5, 0.6) is 11.5 Å². The van der Waals surface area contributed by atoms with Crippen LogP contribution in [-0.4, -0.2) is 16.8 Å². The zero-order chi connectivity index (χ0) is 17.5. The Balaban J connectivity index is 1.67. The van der Waals surface area contributed by atoms with Gasteiger partial charge in [-0.25, -0.2) is 4.98 Å². The molecule has 6 heteroatoms. The van der Waals surface area contributed by atoms with Crippen LogP contribution in [-0.2, 0) is 0 Å². The summed E-state index contributed by atoms with van der Waals surface area (Å²) in [5.41, 5.74) is 4.59. The highest BCUT2D eigenvalue weighted by Crippen LogP contribution is 2.39. The van der Waals surface area contributed by atoms with Crippen molar-refractivity contribution in [3.05, 3.63) is 70.9 Å². The molecule has 0 saturated heterocycles. The summed E-state index contributed by atoms with van der Waals surface area (Å²) < 4.78 is 11.1. The Bertz CT molecular complexity index is 1070. The lowest BCUT2D eigenvalue weighted by atomic mass is 9.96. The first-order valence-corrected chi connectivity index (χ1v) is 9.30. The van der Waals surface area contributed by atoms with Crippen molar-refractivity contribution in [2.45, 2.75) is 13.0 Å². The molecule has 0 bridgehead atoms. The number of anilines is 1. The number of nitrogens with one attached hydrogen (secondary N) is 2. The van der Waals surface area contributed by atoms with Crippen LogP contribution in [0.4, 0.5) is 5.13 Å². The van der Waals surface area contributed by atoms with E-state index >= 15 is 0 Å². The van der Waals surface area contributed by atoms with Crippen molar-refractivity contribution in [1.29, 1.82) is 0 Å². The van der Waals surface area contributed by atoms with E-state index in [0.717, 1.165) is 33.4 Å². The molecule has 3 heterocycles. The molecule has 2 aromatic heterocycles. The molecule has 0 aliphatic carbocycles. The van der Waals surface area contributed by atoms with Gasteiger partial charge in [0.25, 0.3) is 0 Å². The van der Waals surface area contributed by atoms with Gasteiger partial charge in [0.15, 0.2) is 16.6 Å². The van der Waals surface area contributed by atoms with Gasteiger partial charge in [-0.3, -0.25) is 0 Å². The summed E-state index contributed by atoms with van der Waals surface area (Å²) in [6.07, 6.45) is 1.81. The van der Waals surface area contributed by atoms with Crippen molar-refractivity contribution in [3.63, 3.8) is 0 Å². The van der Waals surface area contributed by atoms with Crippen molar-refractivity contribution in [2.75, 3.05) is 12.1 Å². The van der Waals surface area contributed by atoms with Gasteiger partial charge in [-0.15, -0.1) is 11.3 Å². The third-order valence-corrected chi connectivity index (χ3v) is 5.37. The molecule has 5 rings (SSSR count). The van der Waals surface area contributed by atoms with Gasteiger partial charge < -0.3 is 19.8 Å². The zero-order valence-electron chi connectivity index (χ0n) is 14.2. The number of aromatic amines is 1. The molecule has 4 aromatic rings. The fraction of sp³-hybridized carbons (Fsp3) is 0.150. The number of aromatic nitrogens is 2. The topological polar surface area (TPSA) is 59.2 Å². The van der Waals surface area contributed by atoms with Gasteiger partial charge in [0.2, 0.25) is 6.79 Å². The van der Waals surface area contributed by atoms with Crippen LogP contribution in [0.25, 0.3) is 10.9 Å². The Morgan fingerprint density at radius 3 is 2.92 bits per heavy atom. The third kappa shape index (κ3) is 2.50. The van der Waals surface area contributed by atoms with Crippen molar-refractivity contribution in [1.82, 2.24) is 9.97 Å². The van der Waals surface area contributed by atoms with E-state index in [9.17, 15) is 0 Å². The minimum Gasteiger partial charge on any atom is -0.454 e. The monoisotopic (exact) mass is 363 g/mol. The van der Waals surface area contributed by atoms with E-state index in [-0.39, 0.29) is 12.8 Å². The molecule has 5 nitrogen and oxygen atoms in total. The molecule has 26 heavy (non-hydrogen) atoms. The number of hydrogen-bond donors (Lipinski definition) is 2. The Hall–Kier alpha value is -2.99. The summed E-state index contributed by atoms with van der Waals surface area (Å²) in [4.78, 5) is 7.91. The smallest absolute Gasteiger partial charge is 0.231 e. The number of para-hydroxylation sites is 1. The molecule has 0 unspecified atom stereocenters. The fourth-order valence-corrected chi connectivity index (χ4v) is 4.06. The lowest BCUT2D eigenvalue weighted by Crippen LogP contribution is -2.13. The van der Waals surface area contributed by atoms with Crippen molar-refractivity contribution >= 4 is 27.4 Å². The maximum absolute atomic E-state index is 5.59. The predicted octanol–water partition coefficient (Wildman–Crippen LogP) is 4.86. The molecule has 1 atom stereocenters. The number of nitrogens with zero attached hydrogens (tertiary/aromatic N) is 1. The largest absolute Gasteiger partial charge is 0.454 e. The second-order valence-corrected chi connectivity index (χ2v) is 7.13. The molecule has 130 valence electrons. The summed E-state index contributed by atoms with van der Waals surface area (Å²) in [7, 11) is 0. The van der Waals surface area contributed by atoms with E-state index in [0.29, 0.717) is 0 Å². The number of aryl methyl sites for hydroxylation is 1. The highest BCUT2D eigenvalue weighted by Gasteiger charge is 2.24. The van der Waals surface area contributed by atoms with Crippen LogP contribution in [0, 0.1) is 6.92 Å². The molecule has 2 N–H and O–H groups in total. The first kappa shape index (κ1) is 15.3. The van der Waals surface area contributed by atoms with Crippen molar-refractivity contribution in [2.24, 2.45) is 0 Å². The average molecular weight is 363 g/mol. The standard InChI is InChI=1S/C20H17N3O2S/c1-12-18(14-4-2-3-5-15(14)22-12)19(23-20-21-8-9-26-20)13-6-7-16-17(10-13)25-11-24-16/h2-10,19,22H,11H2,1H3,(H,21,23)/t19-/m1/s1. The van der Waals surface area contributed by atoms with Crippen LogP contribution >= 0.6 is 11.3 Å². The molecule has 0 fully saturated rings. The summed E-state index contributed by atoms with van der Waals surface area (Å²) >= 11 is 1.59. The van der Waals surface area contributed by atoms with Crippen LogP contribution in [0.1, 0.15) is 22.9 Å². The zero-order valence-corrected chi connectivity index (χ0v) is 15.0. The van der Waals surface area contributed by atoms with E-state index in [1.807, 2.05) is 23.7 Å². The second kappa shape index (κ2) is 6.07. The first-order chi connectivity index (χ1) is 12.8. The van der Waals surface area contributed by atoms with E-state index < -0.39 is 0 Å². The number of rotatable bonds is 4. The second-order valence-electron chi connectivity index (χ2n) is 6.24. The first-order valence-electron chi connectivity index (χ1n) is 8.42. The maximum atomic E-state index is 5.59. The maximum Gasteiger partial charge on any atom is 0.231 e. The highest BCUT2D eigenvalue weighted by molar-refractivity contribution is 7.13. The van der Waals surface area contributed by atoms with Gasteiger partial charge in [-0.1, -0.05) is 24.3 Å². The number of fused-ring (bicyclic) bond motifs is 2. The highest BCUT2D eigenvalue weighted by atomic mass is 32.1. The van der Waals surface area contributed by atoms with Crippen LogP contribution in [0.15, 0.2) is 54.0 Å². The number of hydrogen-bond acceptors (Lipinski definition) is 5. The van der Waals surface area contributed by atoms with Crippen molar-refractivity contribution in [3.8, 4) is 11.5 Å². The van der Waals surface area contributed by atoms with E-state index in [1.165, 1.54) is 10.9 Å². The van der Waals surface area contributed by atoms with Crippen molar-refractivity contribution < 1.29 is 9.47 Å². The van der Waals surface area contributed by atoms with E-state index in [1.54, 1.807) is 11.3 Å². The minimum atomic E-state index is -0.0493. The van der Waals surface area contributed by atoms with Gasteiger partial charge in [-0.05, 0) is 30.7 Å². The normalized spacial score (nSPS) is 13.9. The summed E-state index contributed by atoms with van der Waals surface area (Å²) in [6.45, 7) is 2.38. The molecule has 1 aliphatic rings. The van der Waals surface area contributed by atoms with Gasteiger partial charge in [0.1, 0.15) is 0 Å². The lowest BCUT2D eigenvalue weighted by Gasteiger charge is -2.20. The van der Waals surface area contributed by atoms with Crippen LogP contribution in [0.3, 0.4) is 0 Å². The lowest BCUT2D eigenvalue weighted by molar-refractivity contribution is 0.174. The third-order valence-electron chi connectivity index (χ3n) is 4.66. The van der Waals surface area contributed by atoms with E-state index in [4.69, 9.17) is 9.47 Å². The van der Waals surface area contributed by atoms with Crippen LogP contribution < -0.4 is 14.8 Å². The van der Waals surface area contributed by atoms with Gasteiger partial charge >= 0.3 is 0 Å². The molecular weight excluding hydrogens is 346 g/mol. The molecule has 2 aromatic carbocycles. The number of thiazole rings is 1. The summed E-state index contributed by atoms with van der Waals surface area (Å²) in [6, 6.07) is 14.4. The van der Waals surface area contributed by atoms with Gasteiger partial charge in [0.05, 0.1) is 6.04 Å².